The van der Waals surface area contributed by atoms with E-state index >= 15 is 0 Å². The minimum absolute atomic E-state index is 0.232. The van der Waals surface area contributed by atoms with Crippen molar-refractivity contribution in [2.24, 2.45) is 0 Å². The van der Waals surface area contributed by atoms with E-state index in [1.54, 1.807) is 30.3 Å². The van der Waals surface area contributed by atoms with Crippen molar-refractivity contribution in [1.82, 2.24) is 14.7 Å². The monoisotopic (exact) mass is 459 g/mol. The van der Waals surface area contributed by atoms with Gasteiger partial charge in [0.15, 0.2) is 0 Å². The molecule has 8 heteroatoms. The normalized spacial score (nSPS) is 10.7. The molecule has 0 saturated carbocycles. The van der Waals surface area contributed by atoms with Crippen molar-refractivity contribution in [3.05, 3.63) is 81.1 Å². The quantitative estimate of drug-likeness (QED) is 0.512. The van der Waals surface area contributed by atoms with E-state index in [2.05, 4.69) is 16.5 Å². The Morgan fingerprint density at radius 1 is 1.18 bits per heavy atom. The number of aromatic nitrogens is 2. The molecule has 1 aromatic heterocycles. The molecule has 0 unspecified atom stereocenters. The van der Waals surface area contributed by atoms with Gasteiger partial charge in [-0.15, -0.1) is 0 Å². The third-order valence-corrected chi connectivity index (χ3v) is 5.43. The van der Waals surface area contributed by atoms with Crippen LogP contribution in [0.1, 0.15) is 28.7 Å². The molecule has 176 valence electrons. The maximum atomic E-state index is 12.5. The van der Waals surface area contributed by atoms with Crippen LogP contribution in [0.2, 0.25) is 0 Å². The van der Waals surface area contributed by atoms with Crippen LogP contribution in [-0.4, -0.2) is 48.0 Å². The fourth-order valence-corrected chi connectivity index (χ4v) is 3.52. The van der Waals surface area contributed by atoms with E-state index in [9.17, 15) is 14.9 Å². The van der Waals surface area contributed by atoms with Gasteiger partial charge in [0.05, 0.1) is 30.5 Å². The zero-order chi connectivity index (χ0) is 24.7. The van der Waals surface area contributed by atoms with E-state index < -0.39 is 6.09 Å². The number of rotatable bonds is 8. The highest BCUT2D eigenvalue weighted by Crippen LogP contribution is 2.25. The van der Waals surface area contributed by atoms with Gasteiger partial charge in [0.25, 0.3) is 5.56 Å². The standard InChI is InChI=1S/C26H29N5O3/c1-18-13-21(16-27)15-23(19(18)2)24-9-10-25(32)31(29-24)17-20-7-5-8-22(14-20)28-26(33)34-12-6-11-30(3)4/h5,7-10,13-15H,6,11-12,17H2,1-4H3,(H,28,33). The summed E-state index contributed by atoms with van der Waals surface area (Å²) in [6.07, 6.45) is 0.234. The van der Waals surface area contributed by atoms with Gasteiger partial charge < -0.3 is 9.64 Å². The van der Waals surface area contributed by atoms with E-state index in [0.29, 0.717) is 23.6 Å². The predicted molar refractivity (Wildman–Crippen MR) is 132 cm³/mol. The number of carbonyl (C=O) groups excluding carboxylic acids is 1. The van der Waals surface area contributed by atoms with E-state index in [-0.39, 0.29) is 12.1 Å². The first-order chi connectivity index (χ1) is 16.3. The maximum Gasteiger partial charge on any atom is 0.411 e. The van der Waals surface area contributed by atoms with Crippen LogP contribution in [0.15, 0.2) is 53.3 Å². The first kappa shape index (κ1) is 24.7. The lowest BCUT2D eigenvalue weighted by Gasteiger charge is -2.12. The van der Waals surface area contributed by atoms with Crippen molar-refractivity contribution in [3.8, 4) is 17.3 Å². The topological polar surface area (TPSA) is 100 Å². The Balaban J connectivity index is 1.76. The number of aryl methyl sites for hydroxylation is 1. The second-order valence-corrected chi connectivity index (χ2v) is 8.41. The largest absolute Gasteiger partial charge is 0.449 e. The van der Waals surface area contributed by atoms with E-state index in [1.807, 2.05) is 45.0 Å². The second kappa shape index (κ2) is 11.3. The van der Waals surface area contributed by atoms with Gasteiger partial charge in [0, 0.05) is 23.9 Å². The number of amides is 1. The minimum Gasteiger partial charge on any atom is -0.449 e. The molecule has 34 heavy (non-hydrogen) atoms. The maximum absolute atomic E-state index is 12.5. The lowest BCUT2D eigenvalue weighted by atomic mass is 9.98. The molecule has 0 aliphatic rings. The van der Waals surface area contributed by atoms with Crippen LogP contribution in [0.3, 0.4) is 0 Å². The fraction of sp³-hybridized carbons (Fsp3) is 0.308. The van der Waals surface area contributed by atoms with Gasteiger partial charge >= 0.3 is 6.09 Å². The summed E-state index contributed by atoms with van der Waals surface area (Å²) in [7, 11) is 3.93. The summed E-state index contributed by atoms with van der Waals surface area (Å²) in [6.45, 7) is 5.32. The molecule has 0 aliphatic heterocycles. The zero-order valence-electron chi connectivity index (χ0n) is 20.0. The Labute approximate surface area is 199 Å². The highest BCUT2D eigenvalue weighted by molar-refractivity contribution is 5.84. The molecule has 0 aliphatic carbocycles. The summed E-state index contributed by atoms with van der Waals surface area (Å²) in [6, 6.07) is 16.1. The zero-order valence-corrected chi connectivity index (χ0v) is 20.0. The first-order valence-corrected chi connectivity index (χ1v) is 11.0. The molecule has 0 radical (unpaired) electrons. The second-order valence-electron chi connectivity index (χ2n) is 8.41. The molecule has 0 spiro atoms. The van der Waals surface area contributed by atoms with Crippen molar-refractivity contribution in [3.63, 3.8) is 0 Å². The van der Waals surface area contributed by atoms with Crippen molar-refractivity contribution >= 4 is 11.8 Å². The number of carbonyl (C=O) groups is 1. The number of anilines is 1. The lowest BCUT2D eigenvalue weighted by Crippen LogP contribution is -2.23. The Morgan fingerprint density at radius 3 is 2.71 bits per heavy atom. The van der Waals surface area contributed by atoms with Crippen molar-refractivity contribution in [2.75, 3.05) is 32.6 Å². The molecule has 2 aromatic carbocycles. The van der Waals surface area contributed by atoms with Gasteiger partial charge in [-0.2, -0.15) is 10.4 Å². The third kappa shape index (κ3) is 6.53. The summed E-state index contributed by atoms with van der Waals surface area (Å²) < 4.78 is 6.59. The van der Waals surface area contributed by atoms with Crippen LogP contribution in [0.5, 0.6) is 0 Å². The number of nitrogens with one attached hydrogen (secondary N) is 1. The fourth-order valence-electron chi connectivity index (χ4n) is 3.52. The number of hydrogen-bond acceptors (Lipinski definition) is 6. The Hall–Kier alpha value is -3.96. The summed E-state index contributed by atoms with van der Waals surface area (Å²) in [5.74, 6) is 0. The molecule has 1 heterocycles. The van der Waals surface area contributed by atoms with Crippen LogP contribution >= 0.6 is 0 Å². The number of hydrogen-bond donors (Lipinski definition) is 1. The average molecular weight is 460 g/mol. The molecule has 1 N–H and O–H groups in total. The van der Waals surface area contributed by atoms with E-state index in [0.717, 1.165) is 35.2 Å². The molecule has 0 fully saturated rings. The summed E-state index contributed by atoms with van der Waals surface area (Å²) >= 11 is 0. The molecule has 8 nitrogen and oxygen atoms in total. The van der Waals surface area contributed by atoms with Crippen LogP contribution in [0.25, 0.3) is 11.3 Å². The van der Waals surface area contributed by atoms with Gasteiger partial charge in [-0.3, -0.25) is 10.1 Å². The highest BCUT2D eigenvalue weighted by atomic mass is 16.5. The van der Waals surface area contributed by atoms with Gasteiger partial charge in [0.1, 0.15) is 0 Å². The number of nitrogens with zero attached hydrogens (tertiary/aromatic N) is 4. The molecular weight excluding hydrogens is 430 g/mol. The number of ether oxygens (including phenoxy) is 1. The predicted octanol–water partition coefficient (Wildman–Crippen LogP) is 3.95. The van der Waals surface area contributed by atoms with Crippen LogP contribution < -0.4 is 10.9 Å². The molecule has 3 rings (SSSR count). The van der Waals surface area contributed by atoms with Gasteiger partial charge in [-0.1, -0.05) is 12.1 Å². The molecule has 0 bridgehead atoms. The van der Waals surface area contributed by atoms with Crippen molar-refractivity contribution < 1.29 is 9.53 Å². The first-order valence-electron chi connectivity index (χ1n) is 11.0. The SMILES string of the molecule is Cc1cc(C#N)cc(-c2ccc(=O)n(Cc3cccc(NC(=O)OCCCN(C)C)c3)n2)c1C. The molecule has 0 saturated heterocycles. The Kier molecular flexibility index (Phi) is 8.17. The van der Waals surface area contributed by atoms with Crippen LogP contribution in [0.4, 0.5) is 10.5 Å². The molecule has 3 aromatic rings. The van der Waals surface area contributed by atoms with E-state index in [4.69, 9.17) is 4.74 Å². The average Bonchev–Trinajstić information content (AvgIpc) is 2.80. The Morgan fingerprint density at radius 2 is 1.97 bits per heavy atom. The smallest absolute Gasteiger partial charge is 0.411 e. The summed E-state index contributed by atoms with van der Waals surface area (Å²) in [5.41, 5.74) is 5.11. The van der Waals surface area contributed by atoms with Crippen LogP contribution in [-0.2, 0) is 11.3 Å². The van der Waals surface area contributed by atoms with Gasteiger partial charge in [-0.05, 0) is 81.4 Å². The van der Waals surface area contributed by atoms with Crippen molar-refractivity contribution in [1.29, 1.82) is 5.26 Å². The molecule has 0 atom stereocenters. The summed E-state index contributed by atoms with van der Waals surface area (Å²) in [5, 5.41) is 16.6. The Bertz CT molecular complexity index is 1270. The highest BCUT2D eigenvalue weighted by Gasteiger charge is 2.11. The third-order valence-electron chi connectivity index (χ3n) is 5.43. The number of benzene rings is 2. The van der Waals surface area contributed by atoms with Gasteiger partial charge in [0.2, 0.25) is 0 Å². The van der Waals surface area contributed by atoms with E-state index in [1.165, 1.54) is 10.7 Å². The van der Waals surface area contributed by atoms with Crippen LogP contribution in [0, 0.1) is 25.2 Å². The molecular formula is C26H29N5O3. The minimum atomic E-state index is -0.517. The van der Waals surface area contributed by atoms with Crippen molar-refractivity contribution in [2.45, 2.75) is 26.8 Å². The summed E-state index contributed by atoms with van der Waals surface area (Å²) in [4.78, 5) is 26.6. The lowest BCUT2D eigenvalue weighted by molar-refractivity contribution is 0.156. The van der Waals surface area contributed by atoms with Gasteiger partial charge in [-0.25, -0.2) is 9.48 Å². The number of nitriles is 1. The molecule has 1 amide bonds.